The Labute approximate surface area is 113 Å². The molecule has 0 saturated carbocycles. The Morgan fingerprint density at radius 2 is 1.56 bits per heavy atom. The predicted molar refractivity (Wildman–Crippen MR) is 75.5 cm³/mol. The second kappa shape index (κ2) is 4.54. The van der Waals surface area contributed by atoms with E-state index >= 15 is 0 Å². The fourth-order valence-electron chi connectivity index (χ4n) is 2.01. The van der Waals surface area contributed by atoms with Gasteiger partial charge in [-0.1, -0.05) is 59.2 Å². The molecule has 18 heavy (non-hydrogen) atoms. The van der Waals surface area contributed by atoms with Crippen molar-refractivity contribution in [2.75, 3.05) is 0 Å². The van der Waals surface area contributed by atoms with Crippen molar-refractivity contribution in [3.05, 3.63) is 38.4 Å². The molecule has 0 aliphatic carbocycles. The first-order valence-electron chi connectivity index (χ1n) is 5.94. The van der Waals surface area contributed by atoms with E-state index < -0.39 is 0 Å². The highest BCUT2D eigenvalue weighted by Crippen LogP contribution is 2.42. The minimum atomic E-state index is -0.362. The molecule has 0 N–H and O–H groups in total. The van der Waals surface area contributed by atoms with Crippen molar-refractivity contribution in [1.82, 2.24) is 0 Å². The first-order chi connectivity index (χ1) is 7.96. The fraction of sp³-hybridized carbons (Fsp3) is 0.571. The van der Waals surface area contributed by atoms with Crippen LogP contribution in [-0.4, -0.2) is 4.92 Å². The topological polar surface area (TPSA) is 43.1 Å². The molecule has 1 aromatic carbocycles. The molecule has 100 valence electrons. The van der Waals surface area contributed by atoms with Crippen LogP contribution in [0.1, 0.15) is 52.7 Å². The van der Waals surface area contributed by atoms with Crippen LogP contribution in [0, 0.1) is 10.1 Å². The summed E-state index contributed by atoms with van der Waals surface area (Å²) in [5, 5.41) is 11.6. The molecule has 0 heterocycles. The fourth-order valence-corrected chi connectivity index (χ4v) is 2.74. The molecule has 0 amide bonds. The summed E-state index contributed by atoms with van der Waals surface area (Å²) < 4.78 is 0. The summed E-state index contributed by atoms with van der Waals surface area (Å²) in [5.74, 6) is 0. The molecular formula is C14H20ClNO2. The molecule has 0 fully saturated rings. The third kappa shape index (κ3) is 2.83. The van der Waals surface area contributed by atoms with E-state index in [2.05, 4.69) is 0 Å². The van der Waals surface area contributed by atoms with Crippen molar-refractivity contribution < 1.29 is 4.92 Å². The van der Waals surface area contributed by atoms with Crippen LogP contribution in [0.2, 0.25) is 5.02 Å². The van der Waals surface area contributed by atoms with Crippen LogP contribution >= 0.6 is 11.6 Å². The summed E-state index contributed by atoms with van der Waals surface area (Å²) in [4.78, 5) is 10.8. The van der Waals surface area contributed by atoms with Gasteiger partial charge in [-0.25, -0.2) is 0 Å². The Balaban J connectivity index is 3.67. The summed E-state index contributed by atoms with van der Waals surface area (Å²) in [6, 6.07) is 3.32. The van der Waals surface area contributed by atoms with E-state index in [-0.39, 0.29) is 21.4 Å². The molecule has 0 aliphatic heterocycles. The van der Waals surface area contributed by atoms with Gasteiger partial charge in [0.25, 0.3) is 5.69 Å². The van der Waals surface area contributed by atoms with Gasteiger partial charge in [0.2, 0.25) is 0 Å². The molecule has 1 aromatic rings. The second-order valence-electron chi connectivity index (χ2n) is 6.58. The summed E-state index contributed by atoms with van der Waals surface area (Å²) in [5.41, 5.74) is 1.16. The Morgan fingerprint density at radius 3 is 1.89 bits per heavy atom. The molecule has 0 aliphatic rings. The number of benzene rings is 1. The standard InChI is InChI=1S/C14H20ClNO2/c1-13(2,3)9-7-8-10(16(17)18)11(12(9)15)14(4,5)6/h7-8H,1-6H3. The molecule has 4 heteroatoms. The van der Waals surface area contributed by atoms with Crippen LogP contribution in [0.25, 0.3) is 0 Å². The van der Waals surface area contributed by atoms with Gasteiger partial charge in [-0.05, 0) is 16.4 Å². The summed E-state index contributed by atoms with van der Waals surface area (Å²) in [7, 11) is 0. The van der Waals surface area contributed by atoms with Gasteiger partial charge in [0.15, 0.2) is 0 Å². The maximum Gasteiger partial charge on any atom is 0.274 e. The molecule has 0 saturated heterocycles. The molecule has 0 unspecified atom stereocenters. The molecule has 0 spiro atoms. The highest BCUT2D eigenvalue weighted by atomic mass is 35.5. The first-order valence-corrected chi connectivity index (χ1v) is 6.32. The number of hydrogen-bond donors (Lipinski definition) is 0. The average Bonchev–Trinajstić information content (AvgIpc) is 2.12. The number of nitro benzene ring substituents is 1. The third-order valence-corrected chi connectivity index (χ3v) is 3.27. The van der Waals surface area contributed by atoms with Crippen molar-refractivity contribution in [3.8, 4) is 0 Å². The molecule has 0 atom stereocenters. The maximum absolute atomic E-state index is 11.1. The van der Waals surface area contributed by atoms with Crippen LogP contribution < -0.4 is 0 Å². The third-order valence-electron chi connectivity index (χ3n) is 2.87. The number of rotatable bonds is 1. The van der Waals surface area contributed by atoms with Crippen LogP contribution in [0.15, 0.2) is 12.1 Å². The molecular weight excluding hydrogens is 250 g/mol. The largest absolute Gasteiger partial charge is 0.274 e. The monoisotopic (exact) mass is 269 g/mol. The zero-order valence-corrected chi connectivity index (χ0v) is 12.6. The van der Waals surface area contributed by atoms with Gasteiger partial charge >= 0.3 is 0 Å². The Morgan fingerprint density at radius 1 is 1.06 bits per heavy atom. The minimum absolute atomic E-state index is 0.0977. The van der Waals surface area contributed by atoms with Crippen molar-refractivity contribution in [3.63, 3.8) is 0 Å². The molecule has 0 bridgehead atoms. The van der Waals surface area contributed by atoms with Gasteiger partial charge in [0.1, 0.15) is 0 Å². The van der Waals surface area contributed by atoms with Crippen LogP contribution in [0.5, 0.6) is 0 Å². The lowest BCUT2D eigenvalue weighted by atomic mass is 9.79. The van der Waals surface area contributed by atoms with E-state index in [4.69, 9.17) is 11.6 Å². The summed E-state index contributed by atoms with van der Waals surface area (Å²) in [6.07, 6.45) is 0. The number of nitro groups is 1. The number of hydrogen-bond acceptors (Lipinski definition) is 2. The van der Waals surface area contributed by atoms with Crippen LogP contribution in [0.4, 0.5) is 5.69 Å². The van der Waals surface area contributed by atoms with Crippen LogP contribution in [-0.2, 0) is 10.8 Å². The Hall–Kier alpha value is -1.09. The molecule has 1 rings (SSSR count). The van der Waals surface area contributed by atoms with E-state index in [1.807, 2.05) is 41.5 Å². The maximum atomic E-state index is 11.1. The SMILES string of the molecule is CC(C)(C)c1ccc([N+](=O)[O-])c(C(C)(C)C)c1Cl. The lowest BCUT2D eigenvalue weighted by Gasteiger charge is -2.26. The molecule has 0 aromatic heterocycles. The zero-order valence-electron chi connectivity index (χ0n) is 11.8. The highest BCUT2D eigenvalue weighted by Gasteiger charge is 2.31. The first kappa shape index (κ1) is 15.0. The molecule has 3 nitrogen and oxygen atoms in total. The highest BCUT2D eigenvalue weighted by molar-refractivity contribution is 6.32. The van der Waals surface area contributed by atoms with Gasteiger partial charge in [-0.15, -0.1) is 0 Å². The number of halogens is 1. The normalized spacial score (nSPS) is 12.6. The smallest absolute Gasteiger partial charge is 0.258 e. The van der Waals surface area contributed by atoms with Gasteiger partial charge in [0, 0.05) is 6.07 Å². The second-order valence-corrected chi connectivity index (χ2v) is 6.96. The Bertz CT molecular complexity index is 482. The molecule has 0 radical (unpaired) electrons. The van der Waals surface area contributed by atoms with Gasteiger partial charge < -0.3 is 0 Å². The van der Waals surface area contributed by atoms with E-state index in [0.29, 0.717) is 10.6 Å². The van der Waals surface area contributed by atoms with E-state index in [1.54, 1.807) is 12.1 Å². The predicted octanol–water partition coefficient (Wildman–Crippen LogP) is 4.84. The average molecular weight is 270 g/mol. The van der Waals surface area contributed by atoms with Crippen molar-refractivity contribution >= 4 is 17.3 Å². The van der Waals surface area contributed by atoms with Gasteiger partial charge in [-0.3, -0.25) is 10.1 Å². The minimum Gasteiger partial charge on any atom is -0.258 e. The van der Waals surface area contributed by atoms with Crippen molar-refractivity contribution in [1.29, 1.82) is 0 Å². The van der Waals surface area contributed by atoms with E-state index in [1.165, 1.54) is 0 Å². The quantitative estimate of drug-likeness (QED) is 0.541. The zero-order chi connectivity index (χ0) is 14.3. The Kier molecular flexibility index (Phi) is 3.78. The van der Waals surface area contributed by atoms with Gasteiger partial charge in [-0.2, -0.15) is 0 Å². The summed E-state index contributed by atoms with van der Waals surface area (Å²) >= 11 is 6.42. The lowest BCUT2D eigenvalue weighted by Crippen LogP contribution is -2.19. The summed E-state index contributed by atoms with van der Waals surface area (Å²) in [6.45, 7) is 12.0. The van der Waals surface area contributed by atoms with Gasteiger partial charge in [0.05, 0.1) is 15.5 Å². The van der Waals surface area contributed by atoms with Crippen LogP contribution in [0.3, 0.4) is 0 Å². The van der Waals surface area contributed by atoms with E-state index in [9.17, 15) is 10.1 Å². The van der Waals surface area contributed by atoms with Crippen molar-refractivity contribution in [2.24, 2.45) is 0 Å². The van der Waals surface area contributed by atoms with Crippen molar-refractivity contribution in [2.45, 2.75) is 52.4 Å². The lowest BCUT2D eigenvalue weighted by molar-refractivity contribution is -0.386. The van der Waals surface area contributed by atoms with E-state index in [0.717, 1.165) is 5.56 Å². The number of nitrogens with zero attached hydrogens (tertiary/aromatic N) is 1.